The Morgan fingerprint density at radius 1 is 0.882 bits per heavy atom. The number of aliphatic hydroxyl groups is 2. The summed E-state index contributed by atoms with van der Waals surface area (Å²) in [5.41, 5.74) is 3.94. The van der Waals surface area contributed by atoms with Crippen molar-refractivity contribution < 1.29 is 24.5 Å². The van der Waals surface area contributed by atoms with Crippen LogP contribution in [0, 0.1) is 19.8 Å². The zero-order valence-electron chi connectivity index (χ0n) is 19.3. The topological polar surface area (TPSA) is 87.1 Å². The van der Waals surface area contributed by atoms with Crippen molar-refractivity contribution in [2.75, 3.05) is 6.61 Å². The molecule has 3 aromatic rings. The Balaban J connectivity index is 1.68. The van der Waals surface area contributed by atoms with Gasteiger partial charge in [-0.25, -0.2) is 9.69 Å². The Labute approximate surface area is 199 Å². The summed E-state index contributed by atoms with van der Waals surface area (Å²) >= 11 is 0. The highest BCUT2D eigenvalue weighted by Crippen LogP contribution is 2.36. The van der Waals surface area contributed by atoms with Gasteiger partial charge in [-0.2, -0.15) is 0 Å². The van der Waals surface area contributed by atoms with Gasteiger partial charge < -0.3 is 14.9 Å². The zero-order chi connectivity index (χ0) is 24.2. The Morgan fingerprint density at radius 2 is 1.38 bits per heavy atom. The number of aryl methyl sites for hydroxylation is 2. The number of imide groups is 1. The number of cyclic esters (lactones) is 1. The molecule has 2 amide bonds. The number of carbonyl (C=O) groups is 2. The summed E-state index contributed by atoms with van der Waals surface area (Å²) in [6, 6.07) is 23.2. The number of rotatable bonds is 7. The van der Waals surface area contributed by atoms with Crippen molar-refractivity contribution in [2.24, 2.45) is 5.92 Å². The van der Waals surface area contributed by atoms with Gasteiger partial charge in [-0.3, -0.25) is 4.79 Å². The smallest absolute Gasteiger partial charge is 0.416 e. The first kappa shape index (κ1) is 23.7. The third-order valence-corrected chi connectivity index (χ3v) is 6.32. The number of amides is 2. The van der Waals surface area contributed by atoms with Crippen molar-refractivity contribution in [1.82, 2.24) is 4.90 Å². The van der Waals surface area contributed by atoms with Gasteiger partial charge >= 0.3 is 6.09 Å². The summed E-state index contributed by atoms with van der Waals surface area (Å²) in [6.45, 7) is 3.91. The number of hydrogen-bond acceptors (Lipinski definition) is 5. The van der Waals surface area contributed by atoms with Crippen molar-refractivity contribution in [1.29, 1.82) is 0 Å². The normalized spacial score (nSPS) is 17.5. The molecule has 1 saturated heterocycles. The van der Waals surface area contributed by atoms with Gasteiger partial charge in [0.1, 0.15) is 6.61 Å². The highest BCUT2D eigenvalue weighted by atomic mass is 16.6. The fourth-order valence-electron chi connectivity index (χ4n) is 4.31. The highest BCUT2D eigenvalue weighted by Gasteiger charge is 2.46. The maximum Gasteiger partial charge on any atom is 0.416 e. The van der Waals surface area contributed by atoms with E-state index < -0.39 is 36.2 Å². The van der Waals surface area contributed by atoms with Crippen molar-refractivity contribution >= 4 is 12.0 Å². The van der Waals surface area contributed by atoms with Gasteiger partial charge in [0, 0.05) is 0 Å². The molecule has 176 valence electrons. The van der Waals surface area contributed by atoms with E-state index in [1.807, 2.05) is 68.4 Å². The third kappa shape index (κ3) is 5.03. The molecule has 1 heterocycles. The van der Waals surface area contributed by atoms with Crippen molar-refractivity contribution in [3.63, 3.8) is 0 Å². The molecule has 1 aliphatic heterocycles. The van der Waals surface area contributed by atoms with Crippen molar-refractivity contribution in [2.45, 2.75) is 38.5 Å². The summed E-state index contributed by atoms with van der Waals surface area (Å²) in [5.74, 6) is -1.96. The molecule has 1 fully saturated rings. The molecule has 4 rings (SSSR count). The molecular weight excluding hydrogens is 430 g/mol. The zero-order valence-corrected chi connectivity index (χ0v) is 19.3. The van der Waals surface area contributed by atoms with Crippen LogP contribution in [0.4, 0.5) is 4.79 Å². The minimum absolute atomic E-state index is 0.0629. The fraction of sp³-hybridized carbons (Fsp3) is 0.286. The Bertz CT molecular complexity index is 1080. The van der Waals surface area contributed by atoms with Gasteiger partial charge in [0.25, 0.3) is 0 Å². The van der Waals surface area contributed by atoms with Gasteiger partial charge in [0.15, 0.2) is 0 Å². The SMILES string of the molecule is Cc1ccc([C@@H](O)C(C(=O)N2C(=O)OC[C@@H]2Cc2ccccc2)[C@H](O)c2ccc(C)cc2)cc1. The minimum Gasteiger partial charge on any atom is -0.447 e. The molecule has 1 aliphatic rings. The standard InChI is InChI=1S/C28H29NO5/c1-18-8-12-21(13-9-18)25(30)24(26(31)22-14-10-19(2)11-15-22)27(32)29-23(17-34-28(29)33)16-20-6-4-3-5-7-20/h3-15,23-26,30-31H,16-17H2,1-2H3/t23-,25+,26+/m0/s1. The van der Waals surface area contributed by atoms with E-state index in [2.05, 4.69) is 0 Å². The number of ether oxygens (including phenoxy) is 1. The molecule has 0 unspecified atom stereocenters. The predicted molar refractivity (Wildman–Crippen MR) is 128 cm³/mol. The largest absolute Gasteiger partial charge is 0.447 e. The van der Waals surface area contributed by atoms with E-state index in [0.717, 1.165) is 21.6 Å². The molecule has 0 bridgehead atoms. The van der Waals surface area contributed by atoms with Crippen LogP contribution in [0.15, 0.2) is 78.9 Å². The molecule has 0 saturated carbocycles. The second-order valence-corrected chi connectivity index (χ2v) is 8.87. The first-order chi connectivity index (χ1) is 16.3. The average Bonchev–Trinajstić information content (AvgIpc) is 3.20. The monoisotopic (exact) mass is 459 g/mol. The van der Waals surface area contributed by atoms with Crippen LogP contribution in [0.1, 0.15) is 40.0 Å². The van der Waals surface area contributed by atoms with Gasteiger partial charge in [0.2, 0.25) is 5.91 Å². The number of nitrogens with zero attached hydrogens (tertiary/aromatic N) is 1. The number of aliphatic hydroxyl groups excluding tert-OH is 2. The molecular formula is C28H29NO5. The predicted octanol–water partition coefficient (Wildman–Crippen LogP) is 4.28. The maximum absolute atomic E-state index is 13.8. The lowest BCUT2D eigenvalue weighted by atomic mass is 9.85. The summed E-state index contributed by atoms with van der Waals surface area (Å²) in [4.78, 5) is 27.5. The lowest BCUT2D eigenvalue weighted by Crippen LogP contribution is -2.46. The average molecular weight is 460 g/mol. The van der Waals surface area contributed by atoms with Gasteiger partial charge in [0.05, 0.1) is 24.2 Å². The summed E-state index contributed by atoms with van der Waals surface area (Å²) in [7, 11) is 0. The van der Waals surface area contributed by atoms with E-state index in [0.29, 0.717) is 17.5 Å². The van der Waals surface area contributed by atoms with E-state index in [1.54, 1.807) is 24.3 Å². The number of hydrogen-bond donors (Lipinski definition) is 2. The van der Waals surface area contributed by atoms with E-state index in [-0.39, 0.29) is 6.61 Å². The molecule has 0 spiro atoms. The summed E-state index contributed by atoms with van der Waals surface area (Å²) in [5, 5.41) is 22.6. The van der Waals surface area contributed by atoms with Gasteiger partial charge in [-0.15, -0.1) is 0 Å². The van der Waals surface area contributed by atoms with E-state index in [4.69, 9.17) is 4.74 Å². The van der Waals surface area contributed by atoms with Crippen LogP contribution in [-0.2, 0) is 16.0 Å². The van der Waals surface area contributed by atoms with Crippen LogP contribution in [-0.4, -0.2) is 39.8 Å². The van der Waals surface area contributed by atoms with Crippen molar-refractivity contribution in [3.8, 4) is 0 Å². The Hall–Kier alpha value is -3.48. The van der Waals surface area contributed by atoms with E-state index >= 15 is 0 Å². The van der Waals surface area contributed by atoms with E-state index in [9.17, 15) is 19.8 Å². The maximum atomic E-state index is 13.8. The minimum atomic E-state index is -1.32. The van der Waals surface area contributed by atoms with Crippen LogP contribution in [0.3, 0.4) is 0 Å². The molecule has 0 radical (unpaired) electrons. The molecule has 0 aromatic heterocycles. The number of carbonyl (C=O) groups excluding carboxylic acids is 2. The van der Waals surface area contributed by atoms with E-state index in [1.165, 1.54) is 0 Å². The fourth-order valence-corrected chi connectivity index (χ4v) is 4.31. The van der Waals surface area contributed by atoms with Crippen LogP contribution in [0.25, 0.3) is 0 Å². The highest BCUT2D eigenvalue weighted by molar-refractivity contribution is 5.95. The quantitative estimate of drug-likeness (QED) is 0.551. The molecule has 2 N–H and O–H groups in total. The Kier molecular flexibility index (Phi) is 7.10. The molecule has 3 aromatic carbocycles. The van der Waals surface area contributed by atoms with Gasteiger partial charge in [-0.1, -0.05) is 90.0 Å². The van der Waals surface area contributed by atoms with Crippen LogP contribution < -0.4 is 0 Å². The van der Waals surface area contributed by atoms with Crippen LogP contribution >= 0.6 is 0 Å². The molecule has 3 atom stereocenters. The molecule has 6 heteroatoms. The second-order valence-electron chi connectivity index (χ2n) is 8.87. The van der Waals surface area contributed by atoms with Crippen LogP contribution in [0.5, 0.6) is 0 Å². The molecule has 6 nitrogen and oxygen atoms in total. The second kappa shape index (κ2) is 10.2. The third-order valence-electron chi connectivity index (χ3n) is 6.32. The first-order valence-corrected chi connectivity index (χ1v) is 11.4. The summed E-state index contributed by atoms with van der Waals surface area (Å²) < 4.78 is 5.23. The van der Waals surface area contributed by atoms with Crippen LogP contribution in [0.2, 0.25) is 0 Å². The molecule has 34 heavy (non-hydrogen) atoms. The lowest BCUT2D eigenvalue weighted by Gasteiger charge is -2.31. The van der Waals surface area contributed by atoms with Gasteiger partial charge in [-0.05, 0) is 37.0 Å². The molecule has 0 aliphatic carbocycles. The summed E-state index contributed by atoms with van der Waals surface area (Å²) in [6.07, 6.45) is -2.99. The lowest BCUT2D eigenvalue weighted by molar-refractivity contribution is -0.143. The van der Waals surface area contributed by atoms with Crippen molar-refractivity contribution in [3.05, 3.63) is 107 Å². The first-order valence-electron chi connectivity index (χ1n) is 11.4. The number of benzene rings is 3. The Morgan fingerprint density at radius 3 is 1.88 bits per heavy atom.